The number of benzene rings is 1. The molecule has 0 bridgehead atoms. The lowest BCUT2D eigenvalue weighted by atomic mass is 10.1. The Bertz CT molecular complexity index is 665. The van der Waals surface area contributed by atoms with Crippen molar-refractivity contribution >= 4 is 11.6 Å². The van der Waals surface area contributed by atoms with E-state index in [0.29, 0.717) is 28.9 Å². The van der Waals surface area contributed by atoms with Gasteiger partial charge in [-0.05, 0) is 29.8 Å². The van der Waals surface area contributed by atoms with E-state index in [4.69, 9.17) is 16.1 Å². The van der Waals surface area contributed by atoms with Crippen LogP contribution in [-0.2, 0) is 6.42 Å². The summed E-state index contributed by atoms with van der Waals surface area (Å²) in [6, 6.07) is 13.1. The molecule has 0 aliphatic heterocycles. The minimum atomic E-state index is 0.504. The van der Waals surface area contributed by atoms with E-state index in [9.17, 15) is 0 Å². The summed E-state index contributed by atoms with van der Waals surface area (Å²) in [6.45, 7) is 0. The van der Waals surface area contributed by atoms with Crippen molar-refractivity contribution in [3.63, 3.8) is 0 Å². The van der Waals surface area contributed by atoms with Crippen molar-refractivity contribution in [2.75, 3.05) is 0 Å². The second kappa shape index (κ2) is 5.20. The van der Waals surface area contributed by atoms with Crippen LogP contribution in [0.3, 0.4) is 0 Å². The van der Waals surface area contributed by atoms with E-state index in [-0.39, 0.29) is 0 Å². The summed E-state index contributed by atoms with van der Waals surface area (Å²) >= 11 is 5.84. The number of aromatic nitrogens is 3. The van der Waals surface area contributed by atoms with Crippen molar-refractivity contribution in [2.24, 2.45) is 0 Å². The lowest BCUT2D eigenvalue weighted by Gasteiger charge is -1.96. The van der Waals surface area contributed by atoms with Crippen molar-refractivity contribution in [2.45, 2.75) is 6.42 Å². The molecule has 0 amide bonds. The van der Waals surface area contributed by atoms with Gasteiger partial charge in [-0.15, -0.1) is 0 Å². The van der Waals surface area contributed by atoms with Gasteiger partial charge in [0.25, 0.3) is 0 Å². The summed E-state index contributed by atoms with van der Waals surface area (Å²) in [7, 11) is 0. The molecule has 94 valence electrons. The molecule has 0 fully saturated rings. The van der Waals surface area contributed by atoms with Gasteiger partial charge >= 0.3 is 0 Å². The Morgan fingerprint density at radius 2 is 1.89 bits per heavy atom. The largest absolute Gasteiger partial charge is 0.339 e. The Kier molecular flexibility index (Phi) is 3.25. The van der Waals surface area contributed by atoms with Crippen LogP contribution in [0.4, 0.5) is 0 Å². The summed E-state index contributed by atoms with van der Waals surface area (Å²) in [6.07, 6.45) is 2.28. The van der Waals surface area contributed by atoms with Crippen LogP contribution < -0.4 is 0 Å². The standard InChI is InChI=1S/C14H10ClN3O/c15-11-6-4-10(5-7-11)9-13-17-14(18-19-13)12-3-1-2-8-16-12/h1-8H,9H2. The van der Waals surface area contributed by atoms with Crippen LogP contribution in [0.15, 0.2) is 53.2 Å². The van der Waals surface area contributed by atoms with Gasteiger partial charge in [-0.2, -0.15) is 4.98 Å². The Balaban J connectivity index is 1.80. The third kappa shape index (κ3) is 2.80. The van der Waals surface area contributed by atoms with Gasteiger partial charge in [0.05, 0.1) is 6.42 Å². The van der Waals surface area contributed by atoms with E-state index >= 15 is 0 Å². The van der Waals surface area contributed by atoms with Crippen LogP contribution in [-0.4, -0.2) is 15.1 Å². The predicted molar refractivity (Wildman–Crippen MR) is 71.8 cm³/mol. The molecule has 0 saturated heterocycles. The lowest BCUT2D eigenvalue weighted by Crippen LogP contribution is -1.89. The number of nitrogens with zero attached hydrogens (tertiary/aromatic N) is 3. The summed E-state index contributed by atoms with van der Waals surface area (Å²) < 4.78 is 5.22. The molecule has 0 spiro atoms. The van der Waals surface area contributed by atoms with E-state index < -0.39 is 0 Å². The minimum Gasteiger partial charge on any atom is -0.339 e. The van der Waals surface area contributed by atoms with Gasteiger partial charge < -0.3 is 4.52 Å². The fraction of sp³-hybridized carbons (Fsp3) is 0.0714. The molecular weight excluding hydrogens is 262 g/mol. The fourth-order valence-electron chi connectivity index (χ4n) is 1.70. The zero-order valence-electron chi connectivity index (χ0n) is 9.95. The number of rotatable bonds is 3. The van der Waals surface area contributed by atoms with Crippen LogP contribution in [0.25, 0.3) is 11.5 Å². The zero-order valence-corrected chi connectivity index (χ0v) is 10.7. The second-order valence-electron chi connectivity index (χ2n) is 4.03. The van der Waals surface area contributed by atoms with Gasteiger partial charge in [-0.1, -0.05) is 35.0 Å². The molecule has 1 aromatic carbocycles. The van der Waals surface area contributed by atoms with Crippen LogP contribution in [0.1, 0.15) is 11.5 Å². The Labute approximate surface area is 115 Å². The van der Waals surface area contributed by atoms with Crippen LogP contribution in [0, 0.1) is 0 Å². The molecule has 5 heteroatoms. The van der Waals surface area contributed by atoms with Gasteiger partial charge in [-0.3, -0.25) is 4.98 Å². The maximum atomic E-state index is 5.84. The monoisotopic (exact) mass is 271 g/mol. The van der Waals surface area contributed by atoms with Crippen molar-refractivity contribution in [1.82, 2.24) is 15.1 Å². The van der Waals surface area contributed by atoms with Gasteiger partial charge in [0.15, 0.2) is 0 Å². The van der Waals surface area contributed by atoms with Crippen LogP contribution in [0.2, 0.25) is 5.02 Å². The highest BCUT2D eigenvalue weighted by Crippen LogP contribution is 2.16. The lowest BCUT2D eigenvalue weighted by molar-refractivity contribution is 0.385. The maximum Gasteiger partial charge on any atom is 0.231 e. The summed E-state index contributed by atoms with van der Waals surface area (Å²) in [5.74, 6) is 1.06. The van der Waals surface area contributed by atoms with Crippen LogP contribution >= 0.6 is 11.6 Å². The van der Waals surface area contributed by atoms with Crippen molar-refractivity contribution < 1.29 is 4.52 Å². The van der Waals surface area contributed by atoms with Crippen molar-refractivity contribution in [3.05, 3.63) is 65.1 Å². The molecule has 3 aromatic rings. The summed E-state index contributed by atoms with van der Waals surface area (Å²) in [5.41, 5.74) is 1.77. The summed E-state index contributed by atoms with van der Waals surface area (Å²) in [4.78, 5) is 8.50. The average Bonchev–Trinajstić information content (AvgIpc) is 2.91. The van der Waals surface area contributed by atoms with E-state index in [1.54, 1.807) is 6.20 Å². The van der Waals surface area contributed by atoms with Gasteiger partial charge in [-0.25, -0.2) is 0 Å². The average molecular weight is 272 g/mol. The molecule has 0 aliphatic carbocycles. The summed E-state index contributed by atoms with van der Waals surface area (Å²) in [5, 5.41) is 4.64. The van der Waals surface area contributed by atoms with Crippen molar-refractivity contribution in [3.8, 4) is 11.5 Å². The van der Waals surface area contributed by atoms with E-state index in [0.717, 1.165) is 5.56 Å². The first kappa shape index (κ1) is 11.9. The highest BCUT2D eigenvalue weighted by Gasteiger charge is 2.09. The van der Waals surface area contributed by atoms with Gasteiger partial charge in [0.2, 0.25) is 11.7 Å². The SMILES string of the molecule is Clc1ccc(Cc2nc(-c3ccccn3)no2)cc1. The molecule has 0 aliphatic rings. The van der Waals surface area contributed by atoms with Crippen LogP contribution in [0.5, 0.6) is 0 Å². The zero-order chi connectivity index (χ0) is 13.1. The maximum absolute atomic E-state index is 5.84. The van der Waals surface area contributed by atoms with Gasteiger partial charge in [0.1, 0.15) is 5.69 Å². The molecule has 19 heavy (non-hydrogen) atoms. The first-order chi connectivity index (χ1) is 9.31. The first-order valence-electron chi connectivity index (χ1n) is 5.80. The number of hydrogen-bond donors (Lipinski definition) is 0. The molecule has 4 nitrogen and oxygen atoms in total. The third-order valence-electron chi connectivity index (χ3n) is 2.63. The quantitative estimate of drug-likeness (QED) is 0.733. The highest BCUT2D eigenvalue weighted by molar-refractivity contribution is 6.30. The third-order valence-corrected chi connectivity index (χ3v) is 2.88. The molecule has 0 atom stereocenters. The molecular formula is C14H10ClN3O. The molecule has 0 radical (unpaired) electrons. The van der Waals surface area contributed by atoms with Gasteiger partial charge in [0, 0.05) is 11.2 Å². The fourth-order valence-corrected chi connectivity index (χ4v) is 1.83. The topological polar surface area (TPSA) is 51.8 Å². The number of hydrogen-bond acceptors (Lipinski definition) is 4. The molecule has 2 heterocycles. The smallest absolute Gasteiger partial charge is 0.231 e. The number of pyridine rings is 1. The Morgan fingerprint density at radius 1 is 1.05 bits per heavy atom. The molecule has 0 saturated carbocycles. The molecule has 0 unspecified atom stereocenters. The van der Waals surface area contributed by atoms with E-state index in [1.165, 1.54) is 0 Å². The normalized spacial score (nSPS) is 10.6. The Morgan fingerprint density at radius 3 is 2.63 bits per heavy atom. The van der Waals surface area contributed by atoms with Crippen molar-refractivity contribution in [1.29, 1.82) is 0 Å². The number of halogens is 1. The predicted octanol–water partition coefficient (Wildman–Crippen LogP) is 3.38. The Hall–Kier alpha value is -2.20. The molecule has 0 N–H and O–H groups in total. The first-order valence-corrected chi connectivity index (χ1v) is 6.17. The second-order valence-corrected chi connectivity index (χ2v) is 4.47. The van der Waals surface area contributed by atoms with E-state index in [2.05, 4.69) is 15.1 Å². The molecule has 2 aromatic heterocycles. The minimum absolute atomic E-state index is 0.504. The highest BCUT2D eigenvalue weighted by atomic mass is 35.5. The van der Waals surface area contributed by atoms with E-state index in [1.807, 2.05) is 42.5 Å². The molecule has 3 rings (SSSR count).